The molecule has 3 aromatic rings. The summed E-state index contributed by atoms with van der Waals surface area (Å²) in [6.07, 6.45) is 0.972. The highest BCUT2D eigenvalue weighted by Crippen LogP contribution is 2.37. The molecule has 2 aromatic carbocycles. The lowest BCUT2D eigenvalue weighted by Gasteiger charge is -2.11. The van der Waals surface area contributed by atoms with Crippen molar-refractivity contribution in [2.24, 2.45) is 0 Å². The third kappa shape index (κ3) is 2.47. The van der Waals surface area contributed by atoms with Gasteiger partial charge in [-0.25, -0.2) is 0 Å². The third-order valence-electron chi connectivity index (χ3n) is 3.57. The number of aryl methyl sites for hydroxylation is 1. The first kappa shape index (κ1) is 13.9. The number of nitrogens with zero attached hydrogens (tertiary/aromatic N) is 1. The zero-order valence-electron chi connectivity index (χ0n) is 11.4. The van der Waals surface area contributed by atoms with Gasteiger partial charge in [0.2, 0.25) is 0 Å². The summed E-state index contributed by atoms with van der Waals surface area (Å²) in [6.45, 7) is -0.378. The summed E-state index contributed by atoms with van der Waals surface area (Å²) in [7, 11) is 0. The minimum absolute atomic E-state index is 0.378. The second kappa shape index (κ2) is 5.74. The van der Waals surface area contributed by atoms with Gasteiger partial charge in [0.05, 0.1) is 17.2 Å². The number of aromatic nitrogens is 2. The molecule has 0 aliphatic heterocycles. The number of anilines is 1. The summed E-state index contributed by atoms with van der Waals surface area (Å²) in [5.74, 6) is 0.431. The summed E-state index contributed by atoms with van der Waals surface area (Å²) in [5, 5.41) is 8.40. The van der Waals surface area contributed by atoms with E-state index in [0.717, 1.165) is 27.6 Å². The monoisotopic (exact) mass is 303 g/mol. The fourth-order valence-electron chi connectivity index (χ4n) is 2.53. The van der Waals surface area contributed by atoms with E-state index in [9.17, 15) is 4.39 Å². The van der Waals surface area contributed by atoms with E-state index in [1.807, 2.05) is 36.4 Å². The lowest BCUT2D eigenvalue weighted by molar-refractivity contribution is 0.473. The number of rotatable bonds is 4. The number of H-pyrrole nitrogens is 1. The molecule has 0 saturated heterocycles. The highest BCUT2D eigenvalue weighted by Gasteiger charge is 2.16. The Hall–Kier alpha value is -2.07. The molecule has 1 aromatic heterocycles. The Balaban J connectivity index is 2.25. The molecular weight excluding hydrogens is 289 g/mol. The largest absolute Gasteiger partial charge is 0.382 e. The molecule has 0 unspecified atom stereocenters. The van der Waals surface area contributed by atoms with Crippen LogP contribution in [0.15, 0.2) is 36.4 Å². The highest BCUT2D eigenvalue weighted by atomic mass is 35.5. The second-order valence-corrected chi connectivity index (χ2v) is 5.28. The first-order chi connectivity index (χ1) is 10.2. The number of nitrogens with two attached hydrogens (primary N) is 1. The molecule has 0 aliphatic carbocycles. The summed E-state index contributed by atoms with van der Waals surface area (Å²) in [6, 6.07) is 11.8. The van der Waals surface area contributed by atoms with Gasteiger partial charge in [0.1, 0.15) is 0 Å². The van der Waals surface area contributed by atoms with Crippen LogP contribution in [0, 0.1) is 0 Å². The van der Waals surface area contributed by atoms with Crippen molar-refractivity contribution in [3.05, 3.63) is 47.0 Å². The maximum absolute atomic E-state index is 12.5. The number of hydrogen-bond donors (Lipinski definition) is 2. The molecule has 21 heavy (non-hydrogen) atoms. The van der Waals surface area contributed by atoms with Crippen molar-refractivity contribution in [3.8, 4) is 11.1 Å². The van der Waals surface area contributed by atoms with E-state index in [-0.39, 0.29) is 6.67 Å². The summed E-state index contributed by atoms with van der Waals surface area (Å²) < 4.78 is 12.5. The Morgan fingerprint density at radius 1 is 1.24 bits per heavy atom. The molecule has 0 spiro atoms. The van der Waals surface area contributed by atoms with Gasteiger partial charge >= 0.3 is 0 Å². The average molecular weight is 304 g/mol. The lowest BCUT2D eigenvalue weighted by atomic mass is 9.97. The predicted molar refractivity (Wildman–Crippen MR) is 85.2 cm³/mol. The van der Waals surface area contributed by atoms with E-state index in [1.54, 1.807) is 0 Å². The van der Waals surface area contributed by atoms with Gasteiger partial charge in [0.15, 0.2) is 5.82 Å². The molecule has 0 fully saturated rings. The molecule has 5 heteroatoms. The first-order valence-corrected chi connectivity index (χ1v) is 7.16. The average Bonchev–Trinajstić information content (AvgIpc) is 2.88. The van der Waals surface area contributed by atoms with Crippen molar-refractivity contribution in [2.45, 2.75) is 12.8 Å². The Kier molecular flexibility index (Phi) is 3.80. The van der Waals surface area contributed by atoms with Crippen LogP contribution >= 0.6 is 11.6 Å². The number of nitrogen functional groups attached to an aromatic ring is 1. The van der Waals surface area contributed by atoms with Gasteiger partial charge in [-0.3, -0.25) is 9.49 Å². The predicted octanol–water partition coefficient (Wildman–Crippen LogP) is 4.37. The molecule has 0 atom stereocenters. The quantitative estimate of drug-likeness (QED) is 0.752. The van der Waals surface area contributed by atoms with Crippen LogP contribution in [-0.4, -0.2) is 16.9 Å². The number of fused-ring (bicyclic) bond motifs is 1. The molecule has 3 nitrogen and oxygen atoms in total. The highest BCUT2D eigenvalue weighted by molar-refractivity contribution is 6.35. The standard InChI is InChI=1S/C16H15ClFN3/c17-14-11(7-4-8-18)15-13(16(19)21-20-15)9-12(14)10-5-2-1-3-6-10/h1-3,5-6,9H,4,7-8H2,(H3,19,20,21). The van der Waals surface area contributed by atoms with E-state index in [0.29, 0.717) is 23.7 Å². The van der Waals surface area contributed by atoms with Crippen LogP contribution < -0.4 is 5.73 Å². The number of nitrogens with one attached hydrogen (secondary N) is 1. The topological polar surface area (TPSA) is 54.7 Å². The zero-order valence-corrected chi connectivity index (χ0v) is 12.1. The van der Waals surface area contributed by atoms with E-state index >= 15 is 0 Å². The van der Waals surface area contributed by atoms with Crippen molar-refractivity contribution < 1.29 is 4.39 Å². The molecule has 0 amide bonds. The van der Waals surface area contributed by atoms with Crippen LogP contribution in [0.2, 0.25) is 5.02 Å². The Morgan fingerprint density at radius 3 is 2.71 bits per heavy atom. The molecule has 3 rings (SSSR count). The van der Waals surface area contributed by atoms with Gasteiger partial charge in [-0.05, 0) is 30.0 Å². The van der Waals surface area contributed by atoms with E-state index in [4.69, 9.17) is 17.3 Å². The Bertz CT molecular complexity index is 768. The van der Waals surface area contributed by atoms with E-state index in [2.05, 4.69) is 10.2 Å². The summed E-state index contributed by atoms with van der Waals surface area (Å²) in [5.41, 5.74) is 9.48. The SMILES string of the molecule is Nc1n[nH]c2c(CCCF)c(Cl)c(-c3ccccc3)cc12. The molecule has 108 valence electrons. The fraction of sp³-hybridized carbons (Fsp3) is 0.188. The minimum atomic E-state index is -0.378. The van der Waals surface area contributed by atoms with Crippen molar-refractivity contribution in [1.29, 1.82) is 0 Å². The first-order valence-electron chi connectivity index (χ1n) is 6.78. The van der Waals surface area contributed by atoms with Crippen LogP contribution in [0.5, 0.6) is 0 Å². The number of halogens is 2. The molecule has 1 heterocycles. The Labute approximate surface area is 126 Å². The molecule has 0 bridgehead atoms. The molecule has 0 aliphatic rings. The van der Waals surface area contributed by atoms with Gasteiger partial charge in [0.25, 0.3) is 0 Å². The van der Waals surface area contributed by atoms with Crippen LogP contribution in [0.25, 0.3) is 22.0 Å². The van der Waals surface area contributed by atoms with Crippen molar-refractivity contribution in [2.75, 3.05) is 12.4 Å². The zero-order chi connectivity index (χ0) is 14.8. The van der Waals surface area contributed by atoms with Gasteiger partial charge in [-0.2, -0.15) is 5.10 Å². The number of hydrogen-bond acceptors (Lipinski definition) is 2. The molecular formula is C16H15ClFN3. The lowest BCUT2D eigenvalue weighted by Crippen LogP contribution is -1.94. The van der Waals surface area contributed by atoms with E-state index in [1.165, 1.54) is 0 Å². The van der Waals surface area contributed by atoms with Crippen LogP contribution in [-0.2, 0) is 6.42 Å². The van der Waals surface area contributed by atoms with Crippen LogP contribution in [0.1, 0.15) is 12.0 Å². The van der Waals surface area contributed by atoms with Crippen molar-refractivity contribution in [3.63, 3.8) is 0 Å². The molecule has 0 radical (unpaired) electrons. The molecule has 0 saturated carbocycles. The third-order valence-corrected chi connectivity index (χ3v) is 4.00. The fourth-order valence-corrected chi connectivity index (χ4v) is 2.88. The van der Waals surface area contributed by atoms with Gasteiger partial charge in [-0.15, -0.1) is 0 Å². The molecule has 3 N–H and O–H groups in total. The van der Waals surface area contributed by atoms with Crippen molar-refractivity contribution in [1.82, 2.24) is 10.2 Å². The normalized spacial score (nSPS) is 11.1. The van der Waals surface area contributed by atoms with Gasteiger partial charge < -0.3 is 5.73 Å². The van der Waals surface area contributed by atoms with Crippen LogP contribution in [0.4, 0.5) is 10.2 Å². The van der Waals surface area contributed by atoms with E-state index < -0.39 is 0 Å². The Morgan fingerprint density at radius 2 is 2.00 bits per heavy atom. The van der Waals surface area contributed by atoms with Gasteiger partial charge in [-0.1, -0.05) is 41.9 Å². The summed E-state index contributed by atoms with van der Waals surface area (Å²) in [4.78, 5) is 0. The second-order valence-electron chi connectivity index (χ2n) is 4.91. The smallest absolute Gasteiger partial charge is 0.153 e. The van der Waals surface area contributed by atoms with Crippen molar-refractivity contribution >= 4 is 28.3 Å². The maximum atomic E-state index is 12.5. The van der Waals surface area contributed by atoms with Crippen LogP contribution in [0.3, 0.4) is 0 Å². The number of alkyl halides is 1. The minimum Gasteiger partial charge on any atom is -0.382 e. The maximum Gasteiger partial charge on any atom is 0.153 e. The number of aromatic amines is 1. The number of benzene rings is 2. The summed E-state index contributed by atoms with van der Waals surface area (Å²) >= 11 is 6.56. The van der Waals surface area contributed by atoms with Gasteiger partial charge in [0, 0.05) is 10.9 Å².